The Labute approximate surface area is 130 Å². The van der Waals surface area contributed by atoms with Crippen molar-refractivity contribution in [2.24, 2.45) is 5.92 Å². The van der Waals surface area contributed by atoms with Gasteiger partial charge in [-0.15, -0.1) is 0 Å². The summed E-state index contributed by atoms with van der Waals surface area (Å²) in [6.45, 7) is 4.81. The fraction of sp³-hybridized carbons (Fsp3) is 0.647. The molecule has 110 valence electrons. The van der Waals surface area contributed by atoms with Crippen LogP contribution in [0.4, 0.5) is 0 Å². The van der Waals surface area contributed by atoms with Crippen molar-refractivity contribution in [3.05, 3.63) is 29.3 Å². The molecule has 1 fully saturated rings. The highest BCUT2D eigenvalue weighted by atomic mass is 79.9. The van der Waals surface area contributed by atoms with E-state index in [0.717, 1.165) is 17.7 Å². The molecule has 20 heavy (non-hydrogen) atoms. The van der Waals surface area contributed by atoms with Crippen molar-refractivity contribution in [2.45, 2.75) is 44.6 Å². The van der Waals surface area contributed by atoms with Crippen LogP contribution < -0.4 is 0 Å². The van der Waals surface area contributed by atoms with Gasteiger partial charge >= 0.3 is 0 Å². The molecule has 1 N–H and O–H groups in total. The molecule has 1 aromatic rings. The standard InChI is InChI=1S/C17H24BrNO/c1-12-10-15-13-4-2-5-17(20)14(13)6-7-16(15)19(11-12)9-3-8-18/h2,4-5,12,15-16,20H,3,6-11H2,1H3. The van der Waals surface area contributed by atoms with E-state index in [1.54, 1.807) is 0 Å². The van der Waals surface area contributed by atoms with E-state index in [0.29, 0.717) is 17.7 Å². The molecule has 0 saturated carbocycles. The number of rotatable bonds is 3. The van der Waals surface area contributed by atoms with Crippen molar-refractivity contribution < 1.29 is 5.11 Å². The Morgan fingerprint density at radius 3 is 3.05 bits per heavy atom. The lowest BCUT2D eigenvalue weighted by Crippen LogP contribution is -2.49. The van der Waals surface area contributed by atoms with Crippen LogP contribution >= 0.6 is 15.9 Å². The molecule has 2 nitrogen and oxygen atoms in total. The van der Waals surface area contributed by atoms with Crippen molar-refractivity contribution in [1.29, 1.82) is 0 Å². The molecule has 3 rings (SSSR count). The number of benzene rings is 1. The van der Waals surface area contributed by atoms with Gasteiger partial charge in [0, 0.05) is 23.8 Å². The highest BCUT2D eigenvalue weighted by Crippen LogP contribution is 2.44. The van der Waals surface area contributed by atoms with Crippen molar-refractivity contribution in [1.82, 2.24) is 4.90 Å². The molecule has 1 aromatic carbocycles. The number of fused-ring (bicyclic) bond motifs is 3. The van der Waals surface area contributed by atoms with Crippen LogP contribution in [0.5, 0.6) is 5.75 Å². The lowest BCUT2D eigenvalue weighted by atomic mass is 9.72. The van der Waals surface area contributed by atoms with Gasteiger partial charge < -0.3 is 5.11 Å². The van der Waals surface area contributed by atoms with Crippen molar-refractivity contribution in [3.8, 4) is 5.75 Å². The monoisotopic (exact) mass is 337 g/mol. The highest BCUT2D eigenvalue weighted by molar-refractivity contribution is 9.09. The number of phenolic OH excluding ortho intramolecular Hbond substituents is 1. The fourth-order valence-corrected chi connectivity index (χ4v) is 4.45. The van der Waals surface area contributed by atoms with Crippen molar-refractivity contribution in [3.63, 3.8) is 0 Å². The first kappa shape index (κ1) is 14.4. The first-order chi connectivity index (χ1) is 9.70. The molecule has 0 bridgehead atoms. The second-order valence-corrected chi connectivity index (χ2v) is 7.23. The van der Waals surface area contributed by atoms with Crippen LogP contribution in [0, 0.1) is 5.92 Å². The van der Waals surface area contributed by atoms with E-state index in [1.165, 1.54) is 43.5 Å². The summed E-state index contributed by atoms with van der Waals surface area (Å²) in [6.07, 6.45) is 4.72. The molecular formula is C17H24BrNO. The Morgan fingerprint density at radius 1 is 1.40 bits per heavy atom. The van der Waals surface area contributed by atoms with Crippen LogP contribution in [0.3, 0.4) is 0 Å². The summed E-state index contributed by atoms with van der Waals surface area (Å²) in [6, 6.07) is 6.78. The SMILES string of the molecule is CC1CC2c3cccc(O)c3CCC2N(CCCBr)C1. The third kappa shape index (κ3) is 2.62. The van der Waals surface area contributed by atoms with Gasteiger partial charge in [0.1, 0.15) is 5.75 Å². The normalized spacial score (nSPS) is 29.8. The van der Waals surface area contributed by atoms with Crippen molar-refractivity contribution >= 4 is 15.9 Å². The molecule has 2 aliphatic rings. The van der Waals surface area contributed by atoms with Gasteiger partial charge in [-0.05, 0) is 55.3 Å². The van der Waals surface area contributed by atoms with E-state index in [4.69, 9.17) is 0 Å². The van der Waals surface area contributed by atoms with Gasteiger partial charge in [-0.3, -0.25) is 4.90 Å². The van der Waals surface area contributed by atoms with Crippen LogP contribution in [0.15, 0.2) is 18.2 Å². The van der Waals surface area contributed by atoms with Gasteiger partial charge in [-0.25, -0.2) is 0 Å². The molecule has 0 spiro atoms. The van der Waals surface area contributed by atoms with Crippen LogP contribution in [0.25, 0.3) is 0 Å². The lowest BCUT2D eigenvalue weighted by Gasteiger charge is -2.47. The maximum Gasteiger partial charge on any atom is 0.119 e. The molecule has 0 amide bonds. The number of aromatic hydroxyl groups is 1. The number of phenols is 1. The largest absolute Gasteiger partial charge is 0.508 e. The second-order valence-electron chi connectivity index (χ2n) is 6.44. The van der Waals surface area contributed by atoms with Crippen LogP contribution in [0.1, 0.15) is 43.2 Å². The van der Waals surface area contributed by atoms with E-state index < -0.39 is 0 Å². The fourth-order valence-electron chi connectivity index (χ4n) is 4.20. The zero-order valence-corrected chi connectivity index (χ0v) is 13.8. The second kappa shape index (κ2) is 6.07. The van der Waals surface area contributed by atoms with Gasteiger partial charge in [-0.1, -0.05) is 35.0 Å². The third-order valence-corrected chi connectivity index (χ3v) is 5.55. The summed E-state index contributed by atoms with van der Waals surface area (Å²) < 4.78 is 0. The summed E-state index contributed by atoms with van der Waals surface area (Å²) >= 11 is 3.55. The van der Waals surface area contributed by atoms with Gasteiger partial charge in [0.05, 0.1) is 0 Å². The van der Waals surface area contributed by atoms with Crippen LogP contribution in [-0.4, -0.2) is 34.5 Å². The molecule has 1 saturated heterocycles. The average Bonchev–Trinajstić information content (AvgIpc) is 2.45. The number of hydrogen-bond acceptors (Lipinski definition) is 2. The Kier molecular flexibility index (Phi) is 4.37. The van der Waals surface area contributed by atoms with E-state index in [1.807, 2.05) is 12.1 Å². The maximum atomic E-state index is 10.1. The van der Waals surface area contributed by atoms with Gasteiger partial charge in [0.25, 0.3) is 0 Å². The van der Waals surface area contributed by atoms with E-state index in [9.17, 15) is 5.11 Å². The summed E-state index contributed by atoms with van der Waals surface area (Å²) in [5.74, 6) is 1.87. The number of likely N-dealkylation sites (tertiary alicyclic amines) is 1. The van der Waals surface area contributed by atoms with Gasteiger partial charge in [-0.2, -0.15) is 0 Å². The summed E-state index contributed by atoms with van der Waals surface area (Å²) in [4.78, 5) is 2.70. The molecule has 0 aromatic heterocycles. The molecule has 0 radical (unpaired) electrons. The predicted molar refractivity (Wildman–Crippen MR) is 86.7 cm³/mol. The summed E-state index contributed by atoms with van der Waals surface area (Å²) in [5.41, 5.74) is 2.62. The number of halogens is 1. The minimum absolute atomic E-state index is 0.506. The zero-order chi connectivity index (χ0) is 14.1. The molecule has 3 unspecified atom stereocenters. The number of alkyl halides is 1. The Balaban J connectivity index is 1.88. The summed E-state index contributed by atoms with van der Waals surface area (Å²) in [5, 5.41) is 11.2. The lowest BCUT2D eigenvalue weighted by molar-refractivity contribution is 0.0813. The third-order valence-electron chi connectivity index (χ3n) is 4.99. The molecular weight excluding hydrogens is 314 g/mol. The van der Waals surface area contributed by atoms with Crippen LogP contribution in [-0.2, 0) is 6.42 Å². The zero-order valence-electron chi connectivity index (χ0n) is 12.2. The smallest absolute Gasteiger partial charge is 0.119 e. The minimum Gasteiger partial charge on any atom is -0.508 e. The topological polar surface area (TPSA) is 23.5 Å². The Morgan fingerprint density at radius 2 is 2.25 bits per heavy atom. The molecule has 1 aliphatic heterocycles. The summed E-state index contributed by atoms with van der Waals surface area (Å²) in [7, 11) is 0. The van der Waals surface area contributed by atoms with Crippen molar-refractivity contribution in [2.75, 3.05) is 18.4 Å². The minimum atomic E-state index is 0.506. The van der Waals surface area contributed by atoms with E-state index in [-0.39, 0.29) is 0 Å². The van der Waals surface area contributed by atoms with E-state index in [2.05, 4.69) is 33.8 Å². The maximum absolute atomic E-state index is 10.1. The number of nitrogens with zero attached hydrogens (tertiary/aromatic N) is 1. The number of hydrogen-bond donors (Lipinski definition) is 1. The Hall–Kier alpha value is -0.540. The Bertz CT molecular complexity index is 476. The number of piperidine rings is 1. The quantitative estimate of drug-likeness (QED) is 0.845. The average molecular weight is 338 g/mol. The van der Waals surface area contributed by atoms with E-state index >= 15 is 0 Å². The molecule has 1 heterocycles. The van der Waals surface area contributed by atoms with Gasteiger partial charge in [0.15, 0.2) is 0 Å². The first-order valence-corrected chi connectivity index (χ1v) is 8.93. The highest BCUT2D eigenvalue weighted by Gasteiger charge is 2.38. The van der Waals surface area contributed by atoms with Crippen LogP contribution in [0.2, 0.25) is 0 Å². The molecule has 3 atom stereocenters. The van der Waals surface area contributed by atoms with Gasteiger partial charge in [0.2, 0.25) is 0 Å². The first-order valence-electron chi connectivity index (χ1n) is 7.81. The molecule has 1 aliphatic carbocycles. The molecule has 3 heteroatoms. The predicted octanol–water partition coefficient (Wildman–Crippen LogP) is 3.92.